The molecule has 0 aliphatic carbocycles. The maximum atomic E-state index is 4.68. The first-order valence-electron chi connectivity index (χ1n) is 8.12. The Morgan fingerprint density at radius 3 is 2.58 bits per heavy atom. The molecule has 0 aliphatic rings. The van der Waals surface area contributed by atoms with Crippen molar-refractivity contribution in [2.75, 3.05) is 5.32 Å². The summed E-state index contributed by atoms with van der Waals surface area (Å²) in [7, 11) is 1.94. The van der Waals surface area contributed by atoms with E-state index in [9.17, 15) is 0 Å². The summed E-state index contributed by atoms with van der Waals surface area (Å²) in [4.78, 5) is 13.4. The predicted molar refractivity (Wildman–Crippen MR) is 94.6 cm³/mol. The molecule has 0 amide bonds. The van der Waals surface area contributed by atoms with Crippen LogP contribution in [-0.4, -0.2) is 24.7 Å². The van der Waals surface area contributed by atoms with Crippen LogP contribution in [-0.2, 0) is 13.5 Å². The van der Waals surface area contributed by atoms with E-state index in [-0.39, 0.29) is 6.04 Å². The maximum absolute atomic E-state index is 4.68. The first-order valence-corrected chi connectivity index (χ1v) is 8.12. The van der Waals surface area contributed by atoms with Crippen LogP contribution in [0.15, 0.2) is 36.8 Å². The highest BCUT2D eigenvalue weighted by Gasteiger charge is 2.14. The highest BCUT2D eigenvalue weighted by Crippen LogP contribution is 2.23. The van der Waals surface area contributed by atoms with Crippen LogP contribution < -0.4 is 5.32 Å². The average Bonchev–Trinajstić information content (AvgIpc) is 2.94. The molecule has 0 spiro atoms. The number of anilines is 1. The fourth-order valence-corrected chi connectivity index (χ4v) is 2.73. The Bertz CT molecular complexity index is 825. The molecule has 0 saturated heterocycles. The fraction of sp³-hybridized carbons (Fsp3) is 0.333. The molecule has 6 nitrogen and oxygen atoms in total. The Morgan fingerprint density at radius 2 is 1.96 bits per heavy atom. The minimum Gasteiger partial charge on any atom is -0.363 e. The van der Waals surface area contributed by atoms with Gasteiger partial charge in [-0.25, -0.2) is 9.97 Å². The number of aromatic nitrogens is 5. The molecule has 3 heterocycles. The Morgan fingerprint density at radius 1 is 1.21 bits per heavy atom. The molecule has 0 aliphatic heterocycles. The fourth-order valence-electron chi connectivity index (χ4n) is 2.73. The second-order valence-electron chi connectivity index (χ2n) is 5.87. The summed E-state index contributed by atoms with van der Waals surface area (Å²) in [6.45, 7) is 6.23. The Hall–Kier alpha value is -2.76. The van der Waals surface area contributed by atoms with Gasteiger partial charge in [0.15, 0.2) is 5.82 Å². The average molecular weight is 322 g/mol. The summed E-state index contributed by atoms with van der Waals surface area (Å²) in [6.07, 6.45) is 6.41. The number of aryl methyl sites for hydroxylation is 3. The standard InChI is InChI=1S/C18H22N6/c1-5-15-10-17(20-12(2)16-11-24(4)23-13(16)3)22-18(21-15)14-6-8-19-9-7-14/h6-12H,5H2,1-4H3,(H,20,21,22). The quantitative estimate of drug-likeness (QED) is 0.780. The topological polar surface area (TPSA) is 68.5 Å². The van der Waals surface area contributed by atoms with Gasteiger partial charge in [0.25, 0.3) is 0 Å². The number of nitrogens with zero attached hydrogens (tertiary/aromatic N) is 5. The van der Waals surface area contributed by atoms with E-state index in [1.807, 2.05) is 43.0 Å². The Kier molecular flexibility index (Phi) is 4.55. The van der Waals surface area contributed by atoms with E-state index in [4.69, 9.17) is 0 Å². The second kappa shape index (κ2) is 6.78. The van der Waals surface area contributed by atoms with Crippen molar-refractivity contribution in [3.8, 4) is 11.4 Å². The smallest absolute Gasteiger partial charge is 0.161 e. The molecule has 24 heavy (non-hydrogen) atoms. The molecular formula is C18H22N6. The van der Waals surface area contributed by atoms with Crippen molar-refractivity contribution in [2.24, 2.45) is 7.05 Å². The zero-order valence-corrected chi connectivity index (χ0v) is 14.5. The van der Waals surface area contributed by atoms with Crippen LogP contribution in [0, 0.1) is 6.92 Å². The van der Waals surface area contributed by atoms with Gasteiger partial charge in [-0.2, -0.15) is 5.10 Å². The number of hydrogen-bond acceptors (Lipinski definition) is 5. The minimum atomic E-state index is 0.114. The van der Waals surface area contributed by atoms with Gasteiger partial charge < -0.3 is 5.32 Å². The normalized spacial score (nSPS) is 12.2. The highest BCUT2D eigenvalue weighted by atomic mass is 15.3. The summed E-state index contributed by atoms with van der Waals surface area (Å²) >= 11 is 0. The van der Waals surface area contributed by atoms with E-state index in [2.05, 4.69) is 39.2 Å². The van der Waals surface area contributed by atoms with Crippen molar-refractivity contribution in [2.45, 2.75) is 33.2 Å². The Labute approximate surface area is 142 Å². The summed E-state index contributed by atoms with van der Waals surface area (Å²) < 4.78 is 1.84. The van der Waals surface area contributed by atoms with Gasteiger partial charge in [0.2, 0.25) is 0 Å². The zero-order valence-electron chi connectivity index (χ0n) is 14.5. The lowest BCUT2D eigenvalue weighted by molar-refractivity contribution is 0.756. The van der Waals surface area contributed by atoms with E-state index in [1.54, 1.807) is 12.4 Å². The minimum absolute atomic E-state index is 0.114. The third kappa shape index (κ3) is 3.42. The van der Waals surface area contributed by atoms with Crippen molar-refractivity contribution < 1.29 is 0 Å². The summed E-state index contributed by atoms with van der Waals surface area (Å²) in [5.41, 5.74) is 4.17. The van der Waals surface area contributed by atoms with Gasteiger partial charge in [0.1, 0.15) is 5.82 Å². The van der Waals surface area contributed by atoms with Gasteiger partial charge in [0.05, 0.1) is 11.7 Å². The monoisotopic (exact) mass is 322 g/mol. The van der Waals surface area contributed by atoms with E-state index >= 15 is 0 Å². The molecule has 6 heteroatoms. The van der Waals surface area contributed by atoms with E-state index < -0.39 is 0 Å². The molecule has 1 atom stereocenters. The molecule has 3 rings (SSSR count). The maximum Gasteiger partial charge on any atom is 0.161 e. The van der Waals surface area contributed by atoms with E-state index in [0.29, 0.717) is 5.82 Å². The van der Waals surface area contributed by atoms with Gasteiger partial charge in [-0.3, -0.25) is 9.67 Å². The molecule has 124 valence electrons. The molecule has 3 aromatic rings. The van der Waals surface area contributed by atoms with Crippen LogP contribution in [0.4, 0.5) is 5.82 Å². The Balaban J connectivity index is 1.91. The molecule has 0 bridgehead atoms. The van der Waals surface area contributed by atoms with Gasteiger partial charge >= 0.3 is 0 Å². The van der Waals surface area contributed by atoms with Crippen molar-refractivity contribution in [1.29, 1.82) is 0 Å². The van der Waals surface area contributed by atoms with Gasteiger partial charge in [0, 0.05) is 48.5 Å². The number of hydrogen-bond donors (Lipinski definition) is 1. The first kappa shape index (κ1) is 16.1. The molecule has 0 radical (unpaired) electrons. The first-order chi connectivity index (χ1) is 11.6. The number of rotatable bonds is 5. The molecular weight excluding hydrogens is 300 g/mol. The summed E-state index contributed by atoms with van der Waals surface area (Å²) in [6, 6.07) is 5.97. The van der Waals surface area contributed by atoms with Crippen LogP contribution in [0.2, 0.25) is 0 Å². The molecule has 0 aromatic carbocycles. The molecule has 1 N–H and O–H groups in total. The van der Waals surface area contributed by atoms with E-state index in [0.717, 1.165) is 29.2 Å². The molecule has 3 aromatic heterocycles. The van der Waals surface area contributed by atoms with Crippen molar-refractivity contribution in [1.82, 2.24) is 24.7 Å². The van der Waals surface area contributed by atoms with Crippen LogP contribution in [0.25, 0.3) is 11.4 Å². The summed E-state index contributed by atoms with van der Waals surface area (Å²) in [5, 5.41) is 7.89. The summed E-state index contributed by atoms with van der Waals surface area (Å²) in [5.74, 6) is 1.54. The van der Waals surface area contributed by atoms with Gasteiger partial charge in [-0.1, -0.05) is 6.92 Å². The van der Waals surface area contributed by atoms with Crippen LogP contribution in [0.1, 0.15) is 36.8 Å². The van der Waals surface area contributed by atoms with Crippen molar-refractivity contribution >= 4 is 5.82 Å². The largest absolute Gasteiger partial charge is 0.363 e. The lowest BCUT2D eigenvalue weighted by Crippen LogP contribution is -2.10. The molecule has 1 unspecified atom stereocenters. The third-order valence-electron chi connectivity index (χ3n) is 3.96. The predicted octanol–water partition coefficient (Wildman–Crippen LogP) is 3.32. The lowest BCUT2D eigenvalue weighted by atomic mass is 10.1. The number of pyridine rings is 1. The third-order valence-corrected chi connectivity index (χ3v) is 3.96. The van der Waals surface area contributed by atoms with Crippen LogP contribution >= 0.6 is 0 Å². The highest BCUT2D eigenvalue weighted by molar-refractivity contribution is 5.57. The number of nitrogens with one attached hydrogen (secondary N) is 1. The zero-order chi connectivity index (χ0) is 17.1. The van der Waals surface area contributed by atoms with E-state index in [1.165, 1.54) is 5.56 Å². The lowest BCUT2D eigenvalue weighted by Gasteiger charge is -2.15. The van der Waals surface area contributed by atoms with Crippen molar-refractivity contribution in [3.05, 3.63) is 53.7 Å². The van der Waals surface area contributed by atoms with Crippen molar-refractivity contribution in [3.63, 3.8) is 0 Å². The van der Waals surface area contributed by atoms with Crippen LogP contribution in [0.5, 0.6) is 0 Å². The second-order valence-corrected chi connectivity index (χ2v) is 5.87. The molecule has 0 saturated carbocycles. The van der Waals surface area contributed by atoms with Gasteiger partial charge in [-0.15, -0.1) is 0 Å². The van der Waals surface area contributed by atoms with Gasteiger partial charge in [-0.05, 0) is 32.4 Å². The molecule has 0 fully saturated rings. The SMILES string of the molecule is CCc1cc(NC(C)c2cn(C)nc2C)nc(-c2ccncc2)n1. The van der Waals surface area contributed by atoms with Crippen LogP contribution in [0.3, 0.4) is 0 Å².